The molecule has 0 N–H and O–H groups in total. The van der Waals surface area contributed by atoms with Crippen LogP contribution in [0.25, 0.3) is 17.2 Å². The second-order valence-electron chi connectivity index (χ2n) is 10.00. The summed E-state index contributed by atoms with van der Waals surface area (Å²) in [6, 6.07) is 14.5. The number of hydrogen-bond acceptors (Lipinski definition) is 5. The minimum Gasteiger partial charge on any atom is -0.491 e. The Morgan fingerprint density at radius 3 is 2.47 bits per heavy atom. The molecule has 0 radical (unpaired) electrons. The van der Waals surface area contributed by atoms with E-state index in [4.69, 9.17) is 14.2 Å². The topological polar surface area (TPSA) is 48.0 Å². The molecule has 0 unspecified atom stereocenters. The number of esters is 1. The zero-order valence-electron chi connectivity index (χ0n) is 22.4. The van der Waals surface area contributed by atoms with E-state index in [-0.39, 0.29) is 5.97 Å². The molecule has 0 fully saturated rings. The average Bonchev–Trinajstić information content (AvgIpc) is 3.04. The number of benzene rings is 2. The maximum absolute atomic E-state index is 12.4. The lowest BCUT2D eigenvalue weighted by molar-refractivity contribution is -0.136. The number of fused-ring (bicyclic) bond motifs is 1. The molecule has 1 heterocycles. The molecule has 0 spiro atoms. The van der Waals surface area contributed by atoms with Gasteiger partial charge in [-0.15, -0.1) is 5.54 Å². The van der Waals surface area contributed by atoms with Crippen LogP contribution in [0.1, 0.15) is 31.7 Å². The van der Waals surface area contributed by atoms with E-state index in [0.717, 1.165) is 54.1 Å². The van der Waals surface area contributed by atoms with Crippen LogP contribution in [0, 0.1) is 11.5 Å². The molecule has 0 bridgehead atoms. The Morgan fingerprint density at radius 1 is 1.03 bits per heavy atom. The summed E-state index contributed by atoms with van der Waals surface area (Å²) in [6.45, 7) is 12.2. The Labute approximate surface area is 217 Å². The molecule has 36 heavy (non-hydrogen) atoms. The summed E-state index contributed by atoms with van der Waals surface area (Å²) < 4.78 is 16.4. The summed E-state index contributed by atoms with van der Waals surface area (Å²) in [5.74, 6) is 3.93. The first kappa shape index (κ1) is 27.6. The number of carbonyl (C=O) groups excluding carboxylic acids is 1. The Hall–Kier alpha value is -3.01. The molecule has 3 rings (SSSR count). The average molecular weight is 506 g/mol. The Balaban J connectivity index is 1.79. The van der Waals surface area contributed by atoms with E-state index in [0.29, 0.717) is 31.8 Å². The van der Waals surface area contributed by atoms with Crippen molar-refractivity contribution in [3.8, 4) is 28.3 Å². The van der Waals surface area contributed by atoms with Gasteiger partial charge in [-0.2, -0.15) is 0 Å². The van der Waals surface area contributed by atoms with Crippen molar-refractivity contribution in [1.29, 1.82) is 0 Å². The highest BCUT2D eigenvalue weighted by molar-refractivity contribution is 6.83. The van der Waals surface area contributed by atoms with Gasteiger partial charge in [0.25, 0.3) is 0 Å². The van der Waals surface area contributed by atoms with Crippen molar-refractivity contribution in [2.24, 2.45) is 0 Å². The van der Waals surface area contributed by atoms with Crippen molar-refractivity contribution in [1.82, 2.24) is 0 Å². The summed E-state index contributed by atoms with van der Waals surface area (Å²) in [4.78, 5) is 14.6. The van der Waals surface area contributed by atoms with Gasteiger partial charge in [0.15, 0.2) is 0 Å². The normalized spacial score (nSPS) is 13.1. The van der Waals surface area contributed by atoms with Gasteiger partial charge in [0.2, 0.25) is 0 Å². The highest BCUT2D eigenvalue weighted by Gasteiger charge is 2.20. The maximum Gasteiger partial charge on any atom is 0.333 e. The number of rotatable bonds is 10. The van der Waals surface area contributed by atoms with E-state index >= 15 is 0 Å². The van der Waals surface area contributed by atoms with Gasteiger partial charge in [-0.25, -0.2) is 4.79 Å². The van der Waals surface area contributed by atoms with Gasteiger partial charge in [-0.05, 0) is 59.9 Å². The third kappa shape index (κ3) is 8.29. The van der Waals surface area contributed by atoms with Crippen LogP contribution in [-0.2, 0) is 14.3 Å². The van der Waals surface area contributed by atoms with Crippen molar-refractivity contribution < 1.29 is 19.0 Å². The highest BCUT2D eigenvalue weighted by atomic mass is 28.3. The molecule has 0 saturated heterocycles. The molecule has 0 atom stereocenters. The number of carbonyl (C=O) groups is 1. The summed E-state index contributed by atoms with van der Waals surface area (Å²) in [5, 5.41) is 0. The SMILES string of the molecule is CCCCOCCOc1ccc(-c2ccc3c(c2)C=C(C(=O)OC)CCN3CC#C[Si](C)(C)C)cc1. The first-order chi connectivity index (χ1) is 17.3. The predicted octanol–water partition coefficient (Wildman–Crippen LogP) is 6.20. The molecular weight excluding hydrogens is 466 g/mol. The number of nitrogens with zero attached hydrogens (tertiary/aromatic N) is 1. The van der Waals surface area contributed by atoms with E-state index in [1.165, 1.54) is 7.11 Å². The Bertz CT molecular complexity index is 1110. The maximum atomic E-state index is 12.4. The van der Waals surface area contributed by atoms with E-state index in [9.17, 15) is 4.79 Å². The van der Waals surface area contributed by atoms with Crippen molar-refractivity contribution >= 4 is 25.8 Å². The van der Waals surface area contributed by atoms with Crippen molar-refractivity contribution in [3.05, 3.63) is 53.6 Å². The minimum absolute atomic E-state index is 0.276. The summed E-state index contributed by atoms with van der Waals surface area (Å²) in [5.41, 5.74) is 8.40. The quantitative estimate of drug-likeness (QED) is 0.167. The number of unbranched alkanes of at least 4 members (excludes halogenated alkanes) is 1. The van der Waals surface area contributed by atoms with Crippen LogP contribution in [-0.4, -0.2) is 54.1 Å². The van der Waals surface area contributed by atoms with Crippen molar-refractivity contribution in [2.75, 3.05) is 44.9 Å². The minimum atomic E-state index is -1.45. The van der Waals surface area contributed by atoms with Gasteiger partial charge in [0.05, 0.1) is 20.3 Å². The summed E-state index contributed by atoms with van der Waals surface area (Å²) in [7, 11) is -0.0154. The molecule has 1 aliphatic heterocycles. The number of ether oxygens (including phenoxy) is 3. The molecule has 5 nitrogen and oxygen atoms in total. The van der Waals surface area contributed by atoms with Crippen LogP contribution in [0.3, 0.4) is 0 Å². The smallest absolute Gasteiger partial charge is 0.333 e. The monoisotopic (exact) mass is 505 g/mol. The van der Waals surface area contributed by atoms with Crippen LogP contribution in [0.5, 0.6) is 5.75 Å². The molecule has 0 aliphatic carbocycles. The molecule has 6 heteroatoms. The lowest BCUT2D eigenvalue weighted by Gasteiger charge is -2.23. The van der Waals surface area contributed by atoms with Gasteiger partial charge >= 0.3 is 5.97 Å². The van der Waals surface area contributed by atoms with Gasteiger partial charge in [0.1, 0.15) is 20.4 Å². The van der Waals surface area contributed by atoms with Crippen LogP contribution >= 0.6 is 0 Å². The lowest BCUT2D eigenvalue weighted by Crippen LogP contribution is -2.26. The number of methoxy groups -OCH3 is 1. The second-order valence-corrected chi connectivity index (χ2v) is 14.7. The molecule has 2 aromatic carbocycles. The first-order valence-corrected chi connectivity index (χ1v) is 16.3. The summed E-state index contributed by atoms with van der Waals surface area (Å²) in [6.07, 6.45) is 4.80. The second kappa shape index (κ2) is 13.3. The van der Waals surface area contributed by atoms with Crippen molar-refractivity contribution in [2.45, 2.75) is 45.8 Å². The van der Waals surface area contributed by atoms with E-state index in [2.05, 4.69) is 73.3 Å². The van der Waals surface area contributed by atoms with E-state index in [1.54, 1.807) is 0 Å². The summed E-state index contributed by atoms with van der Waals surface area (Å²) >= 11 is 0. The standard InChI is InChI=1S/C30H39NO4Si/c1-6-7-18-34-19-20-35-28-12-9-24(10-13-28)25-11-14-29-27(22-25)23-26(30(32)33-2)15-17-31(29)16-8-21-36(3,4)5/h9-14,22-23H,6-7,15-20H2,1-5H3. The molecular formula is C30H39NO4Si. The zero-order valence-corrected chi connectivity index (χ0v) is 23.4. The number of anilines is 1. The van der Waals surface area contributed by atoms with Gasteiger partial charge in [0, 0.05) is 24.4 Å². The van der Waals surface area contributed by atoms with Crippen LogP contribution in [0.15, 0.2) is 48.0 Å². The third-order valence-electron chi connectivity index (χ3n) is 5.86. The fraction of sp³-hybridized carbons (Fsp3) is 0.433. The first-order valence-electron chi connectivity index (χ1n) is 12.8. The van der Waals surface area contributed by atoms with Crippen LogP contribution in [0.4, 0.5) is 5.69 Å². The van der Waals surface area contributed by atoms with Crippen LogP contribution < -0.4 is 9.64 Å². The molecule has 0 amide bonds. The lowest BCUT2D eigenvalue weighted by atomic mass is 10.00. The zero-order chi connectivity index (χ0) is 26.0. The highest BCUT2D eigenvalue weighted by Crippen LogP contribution is 2.33. The molecule has 0 saturated carbocycles. The number of hydrogen-bond donors (Lipinski definition) is 0. The van der Waals surface area contributed by atoms with Gasteiger partial charge in [-0.1, -0.05) is 57.1 Å². The molecule has 0 aromatic heterocycles. The van der Waals surface area contributed by atoms with Gasteiger partial charge in [-0.3, -0.25) is 0 Å². The third-order valence-corrected chi connectivity index (χ3v) is 6.78. The predicted molar refractivity (Wildman–Crippen MR) is 151 cm³/mol. The fourth-order valence-corrected chi connectivity index (χ4v) is 4.55. The Morgan fingerprint density at radius 2 is 1.78 bits per heavy atom. The fourth-order valence-electron chi connectivity index (χ4n) is 3.94. The van der Waals surface area contributed by atoms with Crippen LogP contribution in [0.2, 0.25) is 19.6 Å². The van der Waals surface area contributed by atoms with Gasteiger partial charge < -0.3 is 19.1 Å². The van der Waals surface area contributed by atoms with E-state index < -0.39 is 8.07 Å². The van der Waals surface area contributed by atoms with E-state index in [1.807, 2.05) is 18.2 Å². The molecule has 1 aliphatic rings. The molecule has 2 aromatic rings. The largest absolute Gasteiger partial charge is 0.491 e. The van der Waals surface area contributed by atoms with Crippen molar-refractivity contribution in [3.63, 3.8) is 0 Å². The molecule has 192 valence electrons. The Kier molecular flexibility index (Phi) is 10.2.